The monoisotopic (exact) mass is 261 g/mol. The topological polar surface area (TPSA) is 46.2 Å². The Morgan fingerprint density at radius 2 is 1.61 bits per heavy atom. The van der Waals surface area contributed by atoms with Gasteiger partial charge in [-0.05, 0) is 48.7 Å². The second kappa shape index (κ2) is 5.01. The first-order chi connectivity index (χ1) is 8.47. The average Bonchev–Trinajstić information content (AvgIpc) is 2.32. The number of hydrogen-bond acceptors (Lipinski definition) is 2. The quantitative estimate of drug-likeness (QED) is 0.889. The van der Waals surface area contributed by atoms with Crippen LogP contribution in [0.5, 0.6) is 5.75 Å². The summed E-state index contributed by atoms with van der Waals surface area (Å²) < 4.78 is 0. The molecule has 18 heavy (non-hydrogen) atoms. The van der Waals surface area contributed by atoms with E-state index in [4.69, 9.17) is 17.3 Å². The van der Waals surface area contributed by atoms with Gasteiger partial charge in [0.2, 0.25) is 0 Å². The van der Waals surface area contributed by atoms with Gasteiger partial charge in [0.25, 0.3) is 0 Å². The van der Waals surface area contributed by atoms with Crippen LogP contribution in [-0.2, 0) is 12.0 Å². The Morgan fingerprint density at radius 1 is 1.06 bits per heavy atom. The number of aromatic hydroxyl groups is 1. The molecule has 2 rings (SSSR count). The predicted molar refractivity (Wildman–Crippen MR) is 74.8 cm³/mol. The minimum absolute atomic E-state index is 0.268. The molecule has 0 aliphatic rings. The van der Waals surface area contributed by atoms with Crippen molar-refractivity contribution in [2.45, 2.75) is 18.9 Å². The third-order valence-corrected chi connectivity index (χ3v) is 3.26. The van der Waals surface area contributed by atoms with Gasteiger partial charge in [-0.3, -0.25) is 0 Å². The fraction of sp³-hybridized carbons (Fsp3) is 0.200. The van der Waals surface area contributed by atoms with Crippen LogP contribution in [0.4, 0.5) is 0 Å². The largest absolute Gasteiger partial charge is 0.508 e. The van der Waals surface area contributed by atoms with Crippen LogP contribution in [0.3, 0.4) is 0 Å². The van der Waals surface area contributed by atoms with Crippen molar-refractivity contribution in [1.82, 2.24) is 0 Å². The van der Waals surface area contributed by atoms with Gasteiger partial charge in [0, 0.05) is 10.6 Å². The van der Waals surface area contributed by atoms with Crippen LogP contribution in [0.25, 0.3) is 0 Å². The summed E-state index contributed by atoms with van der Waals surface area (Å²) in [5.74, 6) is 0.268. The Hall–Kier alpha value is -1.51. The average molecular weight is 262 g/mol. The van der Waals surface area contributed by atoms with Crippen LogP contribution in [0.1, 0.15) is 18.1 Å². The van der Waals surface area contributed by atoms with Crippen molar-refractivity contribution in [2.24, 2.45) is 5.73 Å². The van der Waals surface area contributed by atoms with Gasteiger partial charge in [0.1, 0.15) is 5.75 Å². The minimum atomic E-state index is -0.457. The molecule has 3 N–H and O–H groups in total. The molecule has 2 nitrogen and oxygen atoms in total. The molecule has 0 saturated carbocycles. The van der Waals surface area contributed by atoms with E-state index in [-0.39, 0.29) is 5.75 Å². The van der Waals surface area contributed by atoms with Crippen molar-refractivity contribution < 1.29 is 5.11 Å². The van der Waals surface area contributed by atoms with Crippen LogP contribution in [0, 0.1) is 0 Å². The summed E-state index contributed by atoms with van der Waals surface area (Å²) in [4.78, 5) is 0. The van der Waals surface area contributed by atoms with Crippen molar-refractivity contribution in [3.63, 3.8) is 0 Å². The number of rotatable bonds is 3. The van der Waals surface area contributed by atoms with E-state index >= 15 is 0 Å². The molecule has 1 atom stereocenters. The van der Waals surface area contributed by atoms with E-state index in [1.807, 2.05) is 43.3 Å². The van der Waals surface area contributed by atoms with Gasteiger partial charge in [-0.2, -0.15) is 0 Å². The Kier molecular flexibility index (Phi) is 3.60. The molecule has 0 aliphatic heterocycles. The van der Waals surface area contributed by atoms with Gasteiger partial charge in [-0.25, -0.2) is 0 Å². The van der Waals surface area contributed by atoms with E-state index in [1.165, 1.54) is 0 Å². The molecule has 0 heterocycles. The van der Waals surface area contributed by atoms with Crippen LogP contribution in [-0.4, -0.2) is 5.11 Å². The summed E-state index contributed by atoms with van der Waals surface area (Å²) in [5.41, 5.74) is 8.03. The lowest BCUT2D eigenvalue weighted by Crippen LogP contribution is -2.35. The second-order valence-corrected chi connectivity index (χ2v) is 5.20. The first kappa shape index (κ1) is 12.9. The standard InChI is InChI=1S/C15H16ClNO/c1-15(17,12-4-6-13(16)7-5-12)10-11-2-8-14(18)9-3-11/h2-9,18H,10,17H2,1H3. The molecule has 2 aromatic rings. The highest BCUT2D eigenvalue weighted by molar-refractivity contribution is 6.30. The number of benzene rings is 2. The van der Waals surface area contributed by atoms with Crippen LogP contribution >= 0.6 is 11.6 Å². The first-order valence-electron chi connectivity index (χ1n) is 5.80. The van der Waals surface area contributed by atoms with Crippen LogP contribution < -0.4 is 5.73 Å². The van der Waals surface area contributed by atoms with Crippen molar-refractivity contribution in [3.8, 4) is 5.75 Å². The minimum Gasteiger partial charge on any atom is -0.508 e. The highest BCUT2D eigenvalue weighted by atomic mass is 35.5. The van der Waals surface area contributed by atoms with E-state index in [9.17, 15) is 5.11 Å². The number of nitrogens with two attached hydrogens (primary N) is 1. The Balaban J connectivity index is 2.20. The molecule has 1 unspecified atom stereocenters. The molecule has 0 aromatic heterocycles. The van der Waals surface area contributed by atoms with E-state index in [0.717, 1.165) is 11.1 Å². The van der Waals surface area contributed by atoms with Crippen molar-refractivity contribution in [2.75, 3.05) is 0 Å². The summed E-state index contributed by atoms with van der Waals surface area (Å²) in [6, 6.07) is 14.7. The van der Waals surface area contributed by atoms with Gasteiger partial charge >= 0.3 is 0 Å². The molecule has 0 bridgehead atoms. The van der Waals surface area contributed by atoms with E-state index in [1.54, 1.807) is 12.1 Å². The molecule has 94 valence electrons. The lowest BCUT2D eigenvalue weighted by molar-refractivity contribution is 0.472. The molecule has 0 fully saturated rings. The molecule has 2 aromatic carbocycles. The normalized spacial score (nSPS) is 14.2. The van der Waals surface area contributed by atoms with Gasteiger partial charge < -0.3 is 10.8 Å². The first-order valence-corrected chi connectivity index (χ1v) is 6.18. The Morgan fingerprint density at radius 3 is 2.17 bits per heavy atom. The molecular weight excluding hydrogens is 246 g/mol. The third-order valence-electron chi connectivity index (χ3n) is 3.01. The summed E-state index contributed by atoms with van der Waals surface area (Å²) in [6.07, 6.45) is 0.703. The smallest absolute Gasteiger partial charge is 0.115 e. The van der Waals surface area contributed by atoms with Gasteiger partial charge in [0.05, 0.1) is 0 Å². The number of hydrogen-bond donors (Lipinski definition) is 2. The zero-order valence-corrected chi connectivity index (χ0v) is 11.0. The predicted octanol–water partition coefficient (Wildman–Crippen LogP) is 3.46. The molecule has 0 saturated heterocycles. The van der Waals surface area contributed by atoms with Crippen LogP contribution in [0.15, 0.2) is 48.5 Å². The van der Waals surface area contributed by atoms with Crippen molar-refractivity contribution in [3.05, 3.63) is 64.7 Å². The highest BCUT2D eigenvalue weighted by Gasteiger charge is 2.21. The second-order valence-electron chi connectivity index (χ2n) is 4.77. The summed E-state index contributed by atoms with van der Waals surface area (Å²) in [5, 5.41) is 9.96. The van der Waals surface area contributed by atoms with E-state index < -0.39 is 5.54 Å². The van der Waals surface area contributed by atoms with E-state index in [0.29, 0.717) is 11.4 Å². The number of phenols is 1. The maximum Gasteiger partial charge on any atom is 0.115 e. The summed E-state index contributed by atoms with van der Waals surface area (Å²) in [7, 11) is 0. The summed E-state index contributed by atoms with van der Waals surface area (Å²) >= 11 is 5.87. The highest BCUT2D eigenvalue weighted by Crippen LogP contribution is 2.24. The van der Waals surface area contributed by atoms with Gasteiger partial charge in [-0.15, -0.1) is 0 Å². The van der Waals surface area contributed by atoms with Crippen molar-refractivity contribution >= 4 is 11.6 Å². The molecule has 0 radical (unpaired) electrons. The zero-order chi connectivity index (χ0) is 13.2. The number of halogens is 1. The zero-order valence-electron chi connectivity index (χ0n) is 10.2. The Bertz CT molecular complexity index is 517. The lowest BCUT2D eigenvalue weighted by atomic mass is 9.87. The lowest BCUT2D eigenvalue weighted by Gasteiger charge is -2.25. The number of phenolic OH excluding ortho intramolecular Hbond substituents is 1. The summed E-state index contributed by atoms with van der Waals surface area (Å²) in [6.45, 7) is 1.99. The maximum absolute atomic E-state index is 9.26. The van der Waals surface area contributed by atoms with Gasteiger partial charge in [0.15, 0.2) is 0 Å². The van der Waals surface area contributed by atoms with Gasteiger partial charge in [-0.1, -0.05) is 35.9 Å². The third kappa shape index (κ3) is 3.03. The van der Waals surface area contributed by atoms with Crippen molar-refractivity contribution in [1.29, 1.82) is 0 Å². The molecule has 0 aliphatic carbocycles. The fourth-order valence-corrected chi connectivity index (χ4v) is 2.10. The van der Waals surface area contributed by atoms with Crippen LogP contribution in [0.2, 0.25) is 5.02 Å². The Labute approximate surface area is 112 Å². The molecule has 3 heteroatoms. The maximum atomic E-state index is 9.26. The molecule has 0 spiro atoms. The van der Waals surface area contributed by atoms with E-state index in [2.05, 4.69) is 0 Å². The fourth-order valence-electron chi connectivity index (χ4n) is 1.97. The molecular formula is C15H16ClNO. The SMILES string of the molecule is CC(N)(Cc1ccc(O)cc1)c1ccc(Cl)cc1. The molecule has 0 amide bonds.